The van der Waals surface area contributed by atoms with Crippen molar-refractivity contribution in [3.63, 3.8) is 0 Å². The van der Waals surface area contributed by atoms with Gasteiger partial charge in [0.1, 0.15) is 0 Å². The number of rotatable bonds is 65. The average Bonchev–Trinajstić information content (AvgIpc) is 3.51. The van der Waals surface area contributed by atoms with Crippen molar-refractivity contribution in [1.82, 2.24) is 5.32 Å². The molecule has 0 aliphatic carbocycles. The summed E-state index contributed by atoms with van der Waals surface area (Å²) in [6, 6.07) is -0.641. The van der Waals surface area contributed by atoms with Gasteiger partial charge in [-0.3, -0.25) is 4.79 Å². The maximum Gasteiger partial charge on any atom is 0.220 e. The van der Waals surface area contributed by atoms with Gasteiger partial charge in [-0.2, -0.15) is 0 Å². The monoisotopic (exact) mass is 1160 g/mol. The topological polar surface area (TPSA) is 69.6 Å². The number of carbonyl (C=O) groups is 1. The highest BCUT2D eigenvalue weighted by Crippen LogP contribution is 2.18. The Balaban J connectivity index is 3.58. The summed E-state index contributed by atoms with van der Waals surface area (Å²) in [6.07, 6.45) is 115. The molecule has 0 aromatic heterocycles. The van der Waals surface area contributed by atoms with Gasteiger partial charge in [0.15, 0.2) is 0 Å². The summed E-state index contributed by atoms with van der Waals surface area (Å²) in [5, 5.41) is 23.3. The number of carbonyl (C=O) groups excluding carboxylic acids is 1. The van der Waals surface area contributed by atoms with Crippen molar-refractivity contribution in [3.05, 3.63) is 146 Å². The van der Waals surface area contributed by atoms with E-state index < -0.39 is 12.1 Å². The van der Waals surface area contributed by atoms with E-state index in [-0.39, 0.29) is 12.5 Å². The third-order valence-electron chi connectivity index (χ3n) is 15.8. The van der Waals surface area contributed by atoms with Gasteiger partial charge in [0.25, 0.3) is 0 Å². The maximum absolute atomic E-state index is 12.5. The van der Waals surface area contributed by atoms with Crippen LogP contribution in [0.15, 0.2) is 146 Å². The van der Waals surface area contributed by atoms with Gasteiger partial charge in [0.2, 0.25) is 5.91 Å². The van der Waals surface area contributed by atoms with Gasteiger partial charge in [-0.15, -0.1) is 0 Å². The number of aliphatic hydroxyl groups is 2. The van der Waals surface area contributed by atoms with Gasteiger partial charge < -0.3 is 15.5 Å². The number of hydrogen-bond acceptors (Lipinski definition) is 3. The van der Waals surface area contributed by atoms with Gasteiger partial charge in [0.05, 0.1) is 18.8 Å². The molecule has 0 rings (SSSR count). The predicted octanol–water partition coefficient (Wildman–Crippen LogP) is 25.0. The molecule has 2 atom stereocenters. The first-order valence-electron chi connectivity index (χ1n) is 36.0. The minimum absolute atomic E-state index is 0.0771. The Morgan fingerprint density at radius 1 is 0.298 bits per heavy atom. The van der Waals surface area contributed by atoms with Gasteiger partial charge in [-0.1, -0.05) is 372 Å². The molecule has 4 heteroatoms. The van der Waals surface area contributed by atoms with E-state index in [0.29, 0.717) is 6.42 Å². The van der Waals surface area contributed by atoms with Gasteiger partial charge in [-0.05, 0) is 103 Å². The van der Waals surface area contributed by atoms with E-state index in [1.165, 1.54) is 205 Å². The lowest BCUT2D eigenvalue weighted by molar-refractivity contribution is -0.123. The number of amides is 1. The Hall–Kier alpha value is -3.73. The zero-order chi connectivity index (χ0) is 60.5. The van der Waals surface area contributed by atoms with Crippen molar-refractivity contribution in [2.24, 2.45) is 0 Å². The number of nitrogens with one attached hydrogen (secondary N) is 1. The quantitative estimate of drug-likeness (QED) is 0.0420. The molecular weight excluding hydrogens is 1020 g/mol. The molecule has 0 aliphatic rings. The Morgan fingerprint density at radius 2 is 0.524 bits per heavy atom. The smallest absolute Gasteiger partial charge is 0.220 e. The summed E-state index contributed by atoms with van der Waals surface area (Å²) in [6.45, 7) is 4.21. The summed E-state index contributed by atoms with van der Waals surface area (Å²) < 4.78 is 0. The molecule has 84 heavy (non-hydrogen) atoms. The van der Waals surface area contributed by atoms with Crippen LogP contribution >= 0.6 is 0 Å². The molecule has 0 fully saturated rings. The summed E-state index contributed by atoms with van der Waals surface area (Å²) in [4.78, 5) is 12.5. The molecule has 0 bridgehead atoms. The van der Waals surface area contributed by atoms with Gasteiger partial charge in [0, 0.05) is 6.42 Å². The molecule has 4 nitrogen and oxygen atoms in total. The van der Waals surface area contributed by atoms with Crippen molar-refractivity contribution >= 4 is 5.91 Å². The van der Waals surface area contributed by atoms with E-state index in [2.05, 4.69) is 153 Å². The van der Waals surface area contributed by atoms with E-state index in [0.717, 1.165) is 109 Å². The number of unbranched alkanes of at least 4 members (excludes halogenated alkanes) is 36. The SMILES string of the molecule is CC/C=C\C/C=C\C/C=C\C/C=C\C/C=C\C/C=C\C/C=C\C/C=C\C/C=C\C/C=C\C/C=C\CCCCCCCCCC(=O)NC(CO)C(O)/C=C/CCCCCCCCCCCCCCCCCCCCCCCCCCCCCCC. The van der Waals surface area contributed by atoms with Crippen molar-refractivity contribution in [2.75, 3.05) is 6.61 Å². The Labute approximate surface area is 523 Å². The molecule has 3 N–H and O–H groups in total. The fraction of sp³-hybridized carbons (Fsp3) is 0.688. The standard InChI is InChI=1S/C80H137NO3/c1-3-5-7-9-11-13-15-17-19-21-23-25-27-29-31-33-35-36-37-38-39-40-41-42-43-44-46-48-50-52-54-56-58-60-62-64-66-68-70-72-74-76-80(84)81-78(77-82)79(83)75-73-71-69-67-65-63-61-59-57-55-53-51-49-47-45-34-32-30-28-26-24-22-20-18-16-14-12-10-8-6-4-2/h5,7,11,13,17,19,23,25,29,31,35-36,38-39,41-42,44,46,50,52,56,58,73,75,78-79,82-83H,3-4,6,8-10,12,14-16,18,20-22,24,26-28,30,32-34,37,40,43,45,47-49,51,53-55,57,59-72,74,76-77H2,1-2H3,(H,81,84)/b7-5-,13-11-,19-17-,25-23-,31-29-,36-35-,39-38-,42-41-,46-44-,52-50-,58-56-,75-73+. The Kier molecular flexibility index (Phi) is 70.3. The van der Waals surface area contributed by atoms with E-state index in [4.69, 9.17) is 0 Å². The summed E-state index contributed by atoms with van der Waals surface area (Å²) in [7, 11) is 0. The summed E-state index contributed by atoms with van der Waals surface area (Å²) in [5.74, 6) is -0.0771. The Bertz CT molecular complexity index is 1700. The van der Waals surface area contributed by atoms with Crippen molar-refractivity contribution in [3.8, 4) is 0 Å². The molecule has 0 saturated carbocycles. The molecule has 0 heterocycles. The predicted molar refractivity (Wildman–Crippen MR) is 377 cm³/mol. The molecule has 0 aliphatic heterocycles. The van der Waals surface area contributed by atoms with Crippen LogP contribution in [0.3, 0.4) is 0 Å². The summed E-state index contributed by atoms with van der Waals surface area (Å²) in [5.41, 5.74) is 0. The van der Waals surface area contributed by atoms with Crippen LogP contribution in [0.25, 0.3) is 0 Å². The molecule has 1 amide bonds. The third kappa shape index (κ3) is 69.0. The minimum atomic E-state index is -0.856. The highest BCUT2D eigenvalue weighted by atomic mass is 16.3. The fourth-order valence-corrected chi connectivity index (χ4v) is 10.4. The number of aliphatic hydroxyl groups excluding tert-OH is 2. The van der Waals surface area contributed by atoms with E-state index in [1.807, 2.05) is 6.08 Å². The maximum atomic E-state index is 12.5. The Morgan fingerprint density at radius 3 is 0.786 bits per heavy atom. The van der Waals surface area contributed by atoms with Crippen molar-refractivity contribution in [1.29, 1.82) is 0 Å². The number of hydrogen-bond donors (Lipinski definition) is 3. The molecule has 480 valence electrons. The fourth-order valence-electron chi connectivity index (χ4n) is 10.4. The second-order valence-electron chi connectivity index (χ2n) is 23.9. The lowest BCUT2D eigenvalue weighted by atomic mass is 10.0. The summed E-state index contributed by atoms with van der Waals surface area (Å²) >= 11 is 0. The van der Waals surface area contributed by atoms with Crippen LogP contribution in [-0.2, 0) is 4.79 Å². The van der Waals surface area contributed by atoms with Crippen molar-refractivity contribution < 1.29 is 15.0 Å². The minimum Gasteiger partial charge on any atom is -0.394 e. The second-order valence-corrected chi connectivity index (χ2v) is 23.9. The zero-order valence-corrected chi connectivity index (χ0v) is 55.4. The highest BCUT2D eigenvalue weighted by molar-refractivity contribution is 5.76. The largest absolute Gasteiger partial charge is 0.394 e. The first-order chi connectivity index (χ1) is 41.7. The van der Waals surface area contributed by atoms with Crippen LogP contribution in [-0.4, -0.2) is 34.9 Å². The molecule has 2 unspecified atom stereocenters. The lowest BCUT2D eigenvalue weighted by Gasteiger charge is -2.20. The molecule has 0 spiro atoms. The first kappa shape index (κ1) is 80.3. The van der Waals surface area contributed by atoms with Crippen LogP contribution in [0.5, 0.6) is 0 Å². The first-order valence-corrected chi connectivity index (χ1v) is 36.0. The molecule has 0 aromatic rings. The molecule has 0 saturated heterocycles. The van der Waals surface area contributed by atoms with Crippen molar-refractivity contribution in [2.45, 2.75) is 347 Å². The van der Waals surface area contributed by atoms with E-state index >= 15 is 0 Å². The van der Waals surface area contributed by atoms with Crippen LogP contribution in [0.4, 0.5) is 0 Å². The third-order valence-corrected chi connectivity index (χ3v) is 15.8. The van der Waals surface area contributed by atoms with E-state index in [9.17, 15) is 15.0 Å². The molecular formula is C80H137NO3. The highest BCUT2D eigenvalue weighted by Gasteiger charge is 2.18. The average molecular weight is 1160 g/mol. The van der Waals surface area contributed by atoms with Crippen LogP contribution in [0.1, 0.15) is 335 Å². The zero-order valence-electron chi connectivity index (χ0n) is 55.4. The van der Waals surface area contributed by atoms with E-state index in [1.54, 1.807) is 6.08 Å². The van der Waals surface area contributed by atoms with Gasteiger partial charge in [-0.25, -0.2) is 0 Å². The van der Waals surface area contributed by atoms with Crippen LogP contribution < -0.4 is 5.32 Å². The van der Waals surface area contributed by atoms with Crippen LogP contribution in [0.2, 0.25) is 0 Å². The number of allylic oxidation sites excluding steroid dienone is 23. The second kappa shape index (κ2) is 73.5. The van der Waals surface area contributed by atoms with Crippen LogP contribution in [0, 0.1) is 0 Å². The normalized spacial score (nSPS) is 13.6. The molecule has 0 aromatic carbocycles. The molecule has 0 radical (unpaired) electrons. The lowest BCUT2D eigenvalue weighted by Crippen LogP contribution is -2.45. The van der Waals surface area contributed by atoms with Gasteiger partial charge >= 0.3 is 0 Å².